The Bertz CT molecular complexity index is 633. The minimum atomic E-state index is -2.46. The van der Waals surface area contributed by atoms with Crippen molar-refractivity contribution in [1.29, 1.82) is 0 Å². The van der Waals surface area contributed by atoms with Crippen molar-refractivity contribution in [3.05, 3.63) is 60.7 Å². The van der Waals surface area contributed by atoms with Gasteiger partial charge in [0.15, 0.2) is 0 Å². The third-order valence-electron chi connectivity index (χ3n) is 5.59. The van der Waals surface area contributed by atoms with Crippen molar-refractivity contribution in [2.75, 3.05) is 0 Å². The summed E-state index contributed by atoms with van der Waals surface area (Å²) in [5.74, 6) is 0.455. The molecule has 2 aromatic carbocycles. The van der Waals surface area contributed by atoms with E-state index >= 15 is 0 Å². The van der Waals surface area contributed by atoms with Gasteiger partial charge in [0.1, 0.15) is 0 Å². The van der Waals surface area contributed by atoms with Gasteiger partial charge in [-0.2, -0.15) is 0 Å². The Morgan fingerprint density at radius 1 is 0.920 bits per heavy atom. The van der Waals surface area contributed by atoms with Crippen molar-refractivity contribution >= 4 is 18.7 Å². The van der Waals surface area contributed by atoms with Crippen LogP contribution in [0.25, 0.3) is 0 Å². The molecule has 2 nitrogen and oxygen atoms in total. The number of benzene rings is 2. The van der Waals surface area contributed by atoms with Crippen molar-refractivity contribution in [2.45, 2.75) is 57.8 Å². The van der Waals surface area contributed by atoms with Crippen LogP contribution in [0.15, 0.2) is 60.7 Å². The summed E-state index contributed by atoms with van der Waals surface area (Å²) in [5, 5.41) is 12.4. The highest BCUT2D eigenvalue weighted by Gasteiger charge is 2.52. The van der Waals surface area contributed by atoms with Crippen LogP contribution in [0.3, 0.4) is 0 Å². The molecule has 1 atom stereocenters. The van der Waals surface area contributed by atoms with Gasteiger partial charge in [-0.3, -0.25) is 0 Å². The predicted octanol–water partition coefficient (Wildman–Crippen LogP) is 3.72. The monoisotopic (exact) mass is 354 g/mol. The van der Waals surface area contributed by atoms with Gasteiger partial charge in [-0.05, 0) is 41.1 Å². The fourth-order valence-electron chi connectivity index (χ4n) is 4.08. The Hall–Kier alpha value is -1.42. The van der Waals surface area contributed by atoms with Crippen LogP contribution < -0.4 is 10.4 Å². The molecule has 1 unspecified atom stereocenters. The minimum absolute atomic E-state index is 0.00628. The molecule has 3 heteroatoms. The summed E-state index contributed by atoms with van der Waals surface area (Å²) in [6, 6.07) is 21.5. The van der Waals surface area contributed by atoms with Crippen LogP contribution in [0.2, 0.25) is 5.04 Å². The van der Waals surface area contributed by atoms with E-state index < -0.39 is 8.32 Å². The first-order valence-corrected chi connectivity index (χ1v) is 11.2. The van der Waals surface area contributed by atoms with Gasteiger partial charge in [-0.15, -0.1) is 0 Å². The van der Waals surface area contributed by atoms with Gasteiger partial charge in [-0.25, -0.2) is 0 Å². The van der Waals surface area contributed by atoms with Crippen LogP contribution in [-0.2, 0) is 4.43 Å². The van der Waals surface area contributed by atoms with Crippen molar-refractivity contribution in [2.24, 2.45) is 5.92 Å². The van der Waals surface area contributed by atoms with Crippen LogP contribution in [0.5, 0.6) is 0 Å². The van der Waals surface area contributed by atoms with Crippen molar-refractivity contribution in [3.63, 3.8) is 0 Å². The van der Waals surface area contributed by atoms with Crippen LogP contribution in [0, 0.1) is 5.92 Å². The second-order valence-electron chi connectivity index (χ2n) is 8.37. The van der Waals surface area contributed by atoms with Gasteiger partial charge in [0, 0.05) is 6.10 Å². The summed E-state index contributed by atoms with van der Waals surface area (Å²) >= 11 is 0. The molecule has 0 saturated heterocycles. The molecular formula is C22H30O2Si. The maximum absolute atomic E-state index is 9.72. The summed E-state index contributed by atoms with van der Waals surface area (Å²) in [6.07, 6.45) is 1.73. The number of hydrogen-bond donors (Lipinski definition) is 1. The fourth-order valence-corrected chi connectivity index (χ4v) is 8.84. The van der Waals surface area contributed by atoms with E-state index in [0.717, 1.165) is 12.8 Å². The Morgan fingerprint density at radius 3 is 1.72 bits per heavy atom. The van der Waals surface area contributed by atoms with E-state index in [1.807, 2.05) is 0 Å². The van der Waals surface area contributed by atoms with E-state index in [1.54, 1.807) is 0 Å². The van der Waals surface area contributed by atoms with Crippen LogP contribution in [0.4, 0.5) is 0 Å². The molecule has 1 N–H and O–H groups in total. The highest BCUT2D eigenvalue weighted by atomic mass is 28.4. The van der Waals surface area contributed by atoms with Gasteiger partial charge < -0.3 is 9.53 Å². The summed E-state index contributed by atoms with van der Waals surface area (Å²) in [4.78, 5) is 0. The zero-order valence-electron chi connectivity index (χ0n) is 15.8. The van der Waals surface area contributed by atoms with Crippen molar-refractivity contribution < 1.29 is 9.53 Å². The third kappa shape index (κ3) is 3.46. The fraction of sp³-hybridized carbons (Fsp3) is 0.455. The number of hydrogen-bond acceptors (Lipinski definition) is 2. The number of rotatable bonds is 5. The summed E-state index contributed by atoms with van der Waals surface area (Å²) < 4.78 is 7.05. The van der Waals surface area contributed by atoms with E-state index in [2.05, 4.69) is 88.4 Å². The largest absolute Gasteiger partial charge is 0.404 e. The molecular weight excluding hydrogens is 324 g/mol. The number of aliphatic hydroxyl groups is 1. The molecule has 0 spiro atoms. The molecule has 1 aliphatic carbocycles. The molecule has 0 heterocycles. The summed E-state index contributed by atoms with van der Waals surface area (Å²) in [5.41, 5.74) is 0. The number of aliphatic hydroxyl groups excluding tert-OH is 1. The minimum Gasteiger partial charge on any atom is -0.404 e. The molecule has 0 radical (unpaired) electrons. The van der Waals surface area contributed by atoms with Gasteiger partial charge in [0.05, 0.1) is 6.10 Å². The topological polar surface area (TPSA) is 29.5 Å². The molecule has 0 amide bonds. The van der Waals surface area contributed by atoms with Crippen LogP contribution in [-0.4, -0.2) is 25.6 Å². The maximum Gasteiger partial charge on any atom is 0.261 e. The second kappa shape index (κ2) is 7.06. The maximum atomic E-state index is 9.72. The summed E-state index contributed by atoms with van der Waals surface area (Å²) in [6.45, 7) is 9.11. The second-order valence-corrected chi connectivity index (χ2v) is 12.6. The van der Waals surface area contributed by atoms with Crippen molar-refractivity contribution in [1.82, 2.24) is 0 Å². The van der Waals surface area contributed by atoms with Crippen molar-refractivity contribution in [3.8, 4) is 0 Å². The van der Waals surface area contributed by atoms with Gasteiger partial charge >= 0.3 is 0 Å². The smallest absolute Gasteiger partial charge is 0.261 e. The van der Waals surface area contributed by atoms with Gasteiger partial charge in [-0.1, -0.05) is 81.4 Å². The molecule has 3 rings (SSSR count). The van der Waals surface area contributed by atoms with Gasteiger partial charge in [0.25, 0.3) is 8.32 Å². The zero-order chi connectivity index (χ0) is 18.1. The Balaban J connectivity index is 2.09. The van der Waals surface area contributed by atoms with E-state index in [4.69, 9.17) is 4.43 Å². The lowest BCUT2D eigenvalue weighted by atomic mass is 9.79. The van der Waals surface area contributed by atoms with Crippen LogP contribution in [0.1, 0.15) is 40.5 Å². The standard InChI is InChI=1S/C22H30O2Si/c1-17(18-15-19(23)16-18)24-25(22(2,3)4,20-11-7-5-8-12-20)21-13-9-6-10-14-21/h5-14,17-19,23H,15-16H2,1-4H3. The summed E-state index contributed by atoms with van der Waals surface area (Å²) in [7, 11) is -2.46. The van der Waals surface area contributed by atoms with E-state index in [1.165, 1.54) is 10.4 Å². The average molecular weight is 355 g/mol. The van der Waals surface area contributed by atoms with Gasteiger partial charge in [0.2, 0.25) is 0 Å². The molecule has 1 aliphatic rings. The lowest BCUT2D eigenvalue weighted by Gasteiger charge is -2.47. The van der Waals surface area contributed by atoms with E-state index in [9.17, 15) is 5.11 Å². The Morgan fingerprint density at radius 2 is 1.36 bits per heavy atom. The Kier molecular flexibility index (Phi) is 5.19. The molecule has 0 bridgehead atoms. The third-order valence-corrected chi connectivity index (χ3v) is 10.7. The first-order valence-electron chi connectivity index (χ1n) is 9.31. The van der Waals surface area contributed by atoms with E-state index in [-0.39, 0.29) is 17.2 Å². The predicted molar refractivity (Wildman–Crippen MR) is 107 cm³/mol. The lowest BCUT2D eigenvalue weighted by molar-refractivity contribution is -0.0141. The molecule has 134 valence electrons. The molecule has 0 aromatic heterocycles. The first kappa shape index (κ1) is 18.4. The molecule has 0 aliphatic heterocycles. The van der Waals surface area contributed by atoms with Crippen LogP contribution >= 0.6 is 0 Å². The first-order chi connectivity index (χ1) is 11.8. The zero-order valence-corrected chi connectivity index (χ0v) is 16.8. The molecule has 2 aromatic rings. The highest BCUT2D eigenvalue weighted by molar-refractivity contribution is 6.99. The molecule has 1 saturated carbocycles. The Labute approximate surface area is 153 Å². The molecule has 1 fully saturated rings. The normalized spacial score (nSPS) is 22.3. The molecule has 25 heavy (non-hydrogen) atoms. The quantitative estimate of drug-likeness (QED) is 0.829. The SMILES string of the molecule is CC(O[Si](c1ccccc1)(c1ccccc1)C(C)(C)C)C1CC(O)C1. The lowest BCUT2D eigenvalue weighted by Crippen LogP contribution is -2.68. The van der Waals surface area contributed by atoms with E-state index in [0.29, 0.717) is 5.92 Å². The average Bonchev–Trinajstić information content (AvgIpc) is 2.57. The highest BCUT2D eigenvalue weighted by Crippen LogP contribution is 2.40.